The van der Waals surface area contributed by atoms with Gasteiger partial charge in [-0.2, -0.15) is 0 Å². The summed E-state index contributed by atoms with van der Waals surface area (Å²) in [6.07, 6.45) is 2.74. The minimum absolute atomic E-state index is 0.0267. The molecule has 5 nitrogen and oxygen atoms in total. The molecule has 0 unspecified atom stereocenters. The van der Waals surface area contributed by atoms with E-state index in [2.05, 4.69) is 10.6 Å². The summed E-state index contributed by atoms with van der Waals surface area (Å²) >= 11 is 0. The Morgan fingerprint density at radius 3 is 2.67 bits per heavy atom. The van der Waals surface area contributed by atoms with E-state index in [9.17, 15) is 9.59 Å². The summed E-state index contributed by atoms with van der Waals surface area (Å²) in [6.45, 7) is 4.48. The predicted octanol–water partition coefficient (Wildman–Crippen LogP) is 1.82. The van der Waals surface area contributed by atoms with E-state index in [-0.39, 0.29) is 17.4 Å². The second-order valence-electron chi connectivity index (χ2n) is 5.57. The maximum absolute atomic E-state index is 12.4. The first-order valence-electron chi connectivity index (χ1n) is 7.49. The second-order valence-corrected chi connectivity index (χ2v) is 5.57. The number of hydrogen-bond acceptors (Lipinski definition) is 3. The Hall–Kier alpha value is -1.88. The molecule has 0 bridgehead atoms. The molecule has 5 heteroatoms. The van der Waals surface area contributed by atoms with E-state index in [4.69, 9.17) is 5.73 Å². The van der Waals surface area contributed by atoms with Gasteiger partial charge in [0.05, 0.1) is 5.54 Å². The lowest BCUT2D eigenvalue weighted by molar-refractivity contribution is -0.116. The lowest BCUT2D eigenvalue weighted by Crippen LogP contribution is -2.52. The lowest BCUT2D eigenvalue weighted by Gasteiger charge is -2.31. The van der Waals surface area contributed by atoms with Crippen LogP contribution in [-0.2, 0) is 11.2 Å². The highest BCUT2D eigenvalue weighted by Gasteiger charge is 2.27. The number of nitrogens with one attached hydrogen (secondary N) is 2. The molecule has 0 aliphatic carbocycles. The first kappa shape index (κ1) is 15.5. The zero-order chi connectivity index (χ0) is 15.5. The highest BCUT2D eigenvalue weighted by Crippen LogP contribution is 2.24. The number of carbonyl (C=O) groups is 2. The van der Waals surface area contributed by atoms with E-state index in [0.717, 1.165) is 24.1 Å². The van der Waals surface area contributed by atoms with Gasteiger partial charge in [-0.15, -0.1) is 0 Å². The van der Waals surface area contributed by atoms with Crippen LogP contribution in [0.5, 0.6) is 0 Å². The van der Waals surface area contributed by atoms with Gasteiger partial charge in [0.25, 0.3) is 5.91 Å². The Morgan fingerprint density at radius 2 is 2.05 bits per heavy atom. The monoisotopic (exact) mass is 289 g/mol. The number of anilines is 1. The molecule has 0 saturated carbocycles. The van der Waals surface area contributed by atoms with E-state index < -0.39 is 0 Å². The molecule has 114 valence electrons. The normalized spacial score (nSPS) is 14.3. The van der Waals surface area contributed by atoms with Crippen LogP contribution < -0.4 is 16.4 Å². The minimum Gasteiger partial charge on any atom is -0.345 e. The summed E-state index contributed by atoms with van der Waals surface area (Å²) in [5.41, 5.74) is 7.90. The number of hydrogen-bond donors (Lipinski definition) is 3. The second kappa shape index (κ2) is 6.26. The number of amides is 2. The molecule has 1 aliphatic heterocycles. The molecule has 2 amide bonds. The molecule has 1 heterocycles. The van der Waals surface area contributed by atoms with Crippen molar-refractivity contribution in [2.24, 2.45) is 5.73 Å². The summed E-state index contributed by atoms with van der Waals surface area (Å²) in [7, 11) is 0. The van der Waals surface area contributed by atoms with Crippen LogP contribution in [0.25, 0.3) is 0 Å². The zero-order valence-electron chi connectivity index (χ0n) is 12.7. The first-order valence-corrected chi connectivity index (χ1v) is 7.49. The van der Waals surface area contributed by atoms with E-state index in [1.165, 1.54) is 0 Å². The molecule has 0 radical (unpaired) electrons. The van der Waals surface area contributed by atoms with Gasteiger partial charge < -0.3 is 16.4 Å². The van der Waals surface area contributed by atoms with Crippen molar-refractivity contribution >= 4 is 17.5 Å². The average Bonchev–Trinajstić information content (AvgIpc) is 2.52. The number of aryl methyl sites for hydroxylation is 1. The van der Waals surface area contributed by atoms with E-state index >= 15 is 0 Å². The molecule has 0 atom stereocenters. The number of fused-ring (bicyclic) bond motifs is 1. The van der Waals surface area contributed by atoms with Crippen molar-refractivity contribution in [3.63, 3.8) is 0 Å². The van der Waals surface area contributed by atoms with Crippen molar-refractivity contribution in [1.29, 1.82) is 0 Å². The fourth-order valence-electron chi connectivity index (χ4n) is 2.60. The SMILES string of the molecule is CCC(CC)(CN)NC(=O)c1ccc2c(c1)CCC(=O)N2. The van der Waals surface area contributed by atoms with Gasteiger partial charge in [0.15, 0.2) is 0 Å². The van der Waals surface area contributed by atoms with Gasteiger partial charge in [-0.1, -0.05) is 13.8 Å². The molecule has 21 heavy (non-hydrogen) atoms. The largest absolute Gasteiger partial charge is 0.345 e. The van der Waals surface area contributed by atoms with Crippen molar-refractivity contribution in [3.8, 4) is 0 Å². The van der Waals surface area contributed by atoms with Gasteiger partial charge in [0, 0.05) is 24.2 Å². The van der Waals surface area contributed by atoms with Crippen molar-refractivity contribution in [2.75, 3.05) is 11.9 Å². The third-order valence-corrected chi connectivity index (χ3v) is 4.39. The molecule has 1 aromatic rings. The number of benzene rings is 1. The van der Waals surface area contributed by atoms with Crippen LogP contribution in [0.15, 0.2) is 18.2 Å². The van der Waals surface area contributed by atoms with Crippen molar-refractivity contribution in [2.45, 2.75) is 45.1 Å². The van der Waals surface area contributed by atoms with Crippen molar-refractivity contribution in [3.05, 3.63) is 29.3 Å². The number of nitrogens with two attached hydrogens (primary N) is 1. The smallest absolute Gasteiger partial charge is 0.251 e. The molecule has 2 rings (SSSR count). The molecular weight excluding hydrogens is 266 g/mol. The van der Waals surface area contributed by atoms with Gasteiger partial charge in [0.1, 0.15) is 0 Å². The Labute approximate surface area is 125 Å². The maximum Gasteiger partial charge on any atom is 0.251 e. The highest BCUT2D eigenvalue weighted by molar-refractivity contribution is 5.98. The Morgan fingerprint density at radius 1 is 1.33 bits per heavy atom. The maximum atomic E-state index is 12.4. The molecule has 1 aromatic carbocycles. The van der Waals surface area contributed by atoms with E-state index in [0.29, 0.717) is 24.9 Å². The van der Waals surface area contributed by atoms with Crippen molar-refractivity contribution < 1.29 is 9.59 Å². The van der Waals surface area contributed by atoms with Crippen molar-refractivity contribution in [1.82, 2.24) is 5.32 Å². The van der Waals surface area contributed by atoms with Crippen LogP contribution in [0, 0.1) is 0 Å². The summed E-state index contributed by atoms with van der Waals surface area (Å²) in [5, 5.41) is 5.88. The van der Waals surface area contributed by atoms with Crippen LogP contribution in [-0.4, -0.2) is 23.9 Å². The van der Waals surface area contributed by atoms with E-state index in [1.807, 2.05) is 19.9 Å². The van der Waals surface area contributed by atoms with Gasteiger partial charge >= 0.3 is 0 Å². The third kappa shape index (κ3) is 3.24. The topological polar surface area (TPSA) is 84.2 Å². The lowest BCUT2D eigenvalue weighted by atomic mass is 9.92. The summed E-state index contributed by atoms with van der Waals surface area (Å²) in [6, 6.07) is 5.40. The Bertz CT molecular complexity index is 542. The number of carbonyl (C=O) groups excluding carboxylic acids is 2. The minimum atomic E-state index is -0.346. The highest BCUT2D eigenvalue weighted by atomic mass is 16.2. The molecule has 0 aromatic heterocycles. The molecule has 0 spiro atoms. The van der Waals surface area contributed by atoms with Crippen LogP contribution in [0.3, 0.4) is 0 Å². The van der Waals surface area contributed by atoms with Crippen LogP contribution in [0.2, 0.25) is 0 Å². The van der Waals surface area contributed by atoms with Gasteiger partial charge in [0.2, 0.25) is 5.91 Å². The summed E-state index contributed by atoms with van der Waals surface area (Å²) in [5.74, 6) is -0.0809. The summed E-state index contributed by atoms with van der Waals surface area (Å²) in [4.78, 5) is 23.8. The number of rotatable bonds is 5. The van der Waals surface area contributed by atoms with Gasteiger partial charge in [-0.3, -0.25) is 9.59 Å². The average molecular weight is 289 g/mol. The van der Waals surface area contributed by atoms with Crippen LogP contribution in [0.1, 0.15) is 49.0 Å². The van der Waals surface area contributed by atoms with Gasteiger partial charge in [-0.25, -0.2) is 0 Å². The molecular formula is C16H23N3O2. The van der Waals surface area contributed by atoms with Gasteiger partial charge in [-0.05, 0) is 43.0 Å². The summed E-state index contributed by atoms with van der Waals surface area (Å²) < 4.78 is 0. The fourth-order valence-corrected chi connectivity index (χ4v) is 2.60. The van der Waals surface area contributed by atoms with Crippen LogP contribution in [0.4, 0.5) is 5.69 Å². The zero-order valence-corrected chi connectivity index (χ0v) is 12.7. The molecule has 0 fully saturated rings. The fraction of sp³-hybridized carbons (Fsp3) is 0.500. The van der Waals surface area contributed by atoms with Crippen LogP contribution >= 0.6 is 0 Å². The third-order valence-electron chi connectivity index (χ3n) is 4.39. The Kier molecular flexibility index (Phi) is 4.63. The van der Waals surface area contributed by atoms with E-state index in [1.54, 1.807) is 12.1 Å². The standard InChI is InChI=1S/C16H23N3O2/c1-3-16(4-2,10-17)19-15(21)12-5-7-13-11(9-12)6-8-14(20)18-13/h5,7,9H,3-4,6,8,10,17H2,1-2H3,(H,18,20)(H,19,21). The Balaban J connectivity index is 2.19. The molecule has 0 saturated heterocycles. The predicted molar refractivity (Wildman–Crippen MR) is 83.2 cm³/mol. The molecule has 4 N–H and O–H groups in total. The molecule has 1 aliphatic rings. The quantitative estimate of drug-likeness (QED) is 0.773. The first-order chi connectivity index (χ1) is 10.0.